The molecule has 1 saturated heterocycles. The van der Waals surface area contributed by atoms with E-state index in [4.69, 9.17) is 10.3 Å². The SMILES string of the molecule is CC(C)(C)C(=O)OCC1(CN=[N+]=[N-])CCNC1. The number of nitrogens with one attached hydrogen (secondary N) is 1. The lowest BCUT2D eigenvalue weighted by molar-refractivity contribution is -0.156. The molecule has 1 fully saturated rings. The van der Waals surface area contributed by atoms with E-state index in [2.05, 4.69) is 15.3 Å². The Bertz CT molecular complexity index is 323. The fourth-order valence-corrected chi connectivity index (χ4v) is 1.72. The Balaban J connectivity index is 2.56. The number of nitrogens with zero attached hydrogens (tertiary/aromatic N) is 3. The van der Waals surface area contributed by atoms with Crippen LogP contribution in [0.2, 0.25) is 0 Å². The second kappa shape index (κ2) is 5.38. The second-order valence-corrected chi connectivity index (χ2v) is 5.64. The minimum atomic E-state index is -0.494. The zero-order chi connectivity index (χ0) is 12.9. The van der Waals surface area contributed by atoms with Crippen LogP contribution < -0.4 is 5.32 Å². The van der Waals surface area contributed by atoms with E-state index in [0.717, 1.165) is 19.5 Å². The highest BCUT2D eigenvalue weighted by atomic mass is 16.5. The molecule has 1 heterocycles. The molecule has 0 aromatic heterocycles. The van der Waals surface area contributed by atoms with Gasteiger partial charge in [-0.05, 0) is 39.3 Å². The first-order valence-corrected chi connectivity index (χ1v) is 5.78. The molecular formula is C11H20N4O2. The minimum Gasteiger partial charge on any atom is -0.465 e. The topological polar surface area (TPSA) is 87.1 Å². The van der Waals surface area contributed by atoms with Crippen LogP contribution in [0.1, 0.15) is 27.2 Å². The second-order valence-electron chi connectivity index (χ2n) is 5.64. The lowest BCUT2D eigenvalue weighted by Gasteiger charge is -2.27. The van der Waals surface area contributed by atoms with Crippen LogP contribution >= 0.6 is 0 Å². The largest absolute Gasteiger partial charge is 0.465 e. The van der Waals surface area contributed by atoms with E-state index in [1.807, 2.05) is 20.8 Å². The molecule has 0 aromatic carbocycles. The molecule has 0 bridgehead atoms. The van der Waals surface area contributed by atoms with Gasteiger partial charge in [0.25, 0.3) is 0 Å². The molecule has 96 valence electrons. The van der Waals surface area contributed by atoms with Crippen molar-refractivity contribution in [3.63, 3.8) is 0 Å². The van der Waals surface area contributed by atoms with Crippen LogP contribution in [0.4, 0.5) is 0 Å². The summed E-state index contributed by atoms with van der Waals surface area (Å²) in [6, 6.07) is 0. The van der Waals surface area contributed by atoms with Gasteiger partial charge in [-0.1, -0.05) is 5.11 Å². The molecule has 6 nitrogen and oxygen atoms in total. The molecule has 0 aliphatic carbocycles. The Kier molecular flexibility index (Phi) is 4.37. The molecule has 1 N–H and O–H groups in total. The Hall–Kier alpha value is -1.26. The summed E-state index contributed by atoms with van der Waals surface area (Å²) in [5, 5.41) is 6.83. The van der Waals surface area contributed by atoms with Crippen LogP contribution in [-0.4, -0.2) is 32.2 Å². The van der Waals surface area contributed by atoms with Gasteiger partial charge in [-0.25, -0.2) is 0 Å². The summed E-state index contributed by atoms with van der Waals surface area (Å²) in [5.41, 5.74) is 7.65. The molecule has 17 heavy (non-hydrogen) atoms. The molecule has 6 heteroatoms. The van der Waals surface area contributed by atoms with Crippen molar-refractivity contribution in [3.05, 3.63) is 10.4 Å². The van der Waals surface area contributed by atoms with Gasteiger partial charge in [0.05, 0.1) is 12.0 Å². The van der Waals surface area contributed by atoms with Crippen LogP contribution in [-0.2, 0) is 9.53 Å². The van der Waals surface area contributed by atoms with Crippen molar-refractivity contribution < 1.29 is 9.53 Å². The third kappa shape index (κ3) is 3.91. The summed E-state index contributed by atoms with van der Waals surface area (Å²) in [4.78, 5) is 14.5. The van der Waals surface area contributed by atoms with Gasteiger partial charge in [0, 0.05) is 23.4 Å². The van der Waals surface area contributed by atoms with Gasteiger partial charge in [0.2, 0.25) is 0 Å². The van der Waals surface area contributed by atoms with E-state index in [9.17, 15) is 4.79 Å². The number of carbonyl (C=O) groups is 1. The van der Waals surface area contributed by atoms with Crippen molar-refractivity contribution >= 4 is 5.97 Å². The van der Waals surface area contributed by atoms with E-state index in [0.29, 0.717) is 13.2 Å². The number of hydrogen-bond acceptors (Lipinski definition) is 4. The average molecular weight is 240 g/mol. The van der Waals surface area contributed by atoms with Crippen LogP contribution in [0.5, 0.6) is 0 Å². The average Bonchev–Trinajstić information content (AvgIpc) is 2.71. The van der Waals surface area contributed by atoms with E-state index < -0.39 is 5.41 Å². The van der Waals surface area contributed by atoms with E-state index >= 15 is 0 Å². The molecule has 0 spiro atoms. The fourth-order valence-electron chi connectivity index (χ4n) is 1.72. The first-order valence-electron chi connectivity index (χ1n) is 5.78. The lowest BCUT2D eigenvalue weighted by atomic mass is 9.88. The zero-order valence-corrected chi connectivity index (χ0v) is 10.7. The number of rotatable bonds is 4. The molecule has 1 aliphatic heterocycles. The monoisotopic (exact) mass is 240 g/mol. The number of azide groups is 1. The number of ether oxygens (including phenoxy) is 1. The highest BCUT2D eigenvalue weighted by Gasteiger charge is 2.36. The van der Waals surface area contributed by atoms with Gasteiger partial charge < -0.3 is 10.1 Å². The van der Waals surface area contributed by atoms with Crippen LogP contribution in [0.3, 0.4) is 0 Å². The Morgan fingerprint density at radius 1 is 1.59 bits per heavy atom. The third-order valence-electron chi connectivity index (χ3n) is 2.92. The van der Waals surface area contributed by atoms with Gasteiger partial charge in [0.15, 0.2) is 0 Å². The van der Waals surface area contributed by atoms with Crippen molar-refractivity contribution in [1.82, 2.24) is 5.32 Å². The van der Waals surface area contributed by atoms with Gasteiger partial charge in [-0.2, -0.15) is 0 Å². The van der Waals surface area contributed by atoms with Crippen molar-refractivity contribution in [2.45, 2.75) is 27.2 Å². The van der Waals surface area contributed by atoms with Crippen molar-refractivity contribution in [3.8, 4) is 0 Å². The predicted molar refractivity (Wildman–Crippen MR) is 64.3 cm³/mol. The maximum Gasteiger partial charge on any atom is 0.311 e. The van der Waals surface area contributed by atoms with E-state index in [1.165, 1.54) is 0 Å². The standard InChI is InChI=1S/C11H20N4O2/c1-10(2,3)9(16)17-8-11(7-14-15-12)4-5-13-6-11/h13H,4-8H2,1-3H3. The molecule has 1 atom stereocenters. The predicted octanol–water partition coefficient (Wildman–Crippen LogP) is 1.87. The van der Waals surface area contributed by atoms with E-state index in [-0.39, 0.29) is 11.4 Å². The van der Waals surface area contributed by atoms with Crippen LogP contribution in [0, 0.1) is 10.8 Å². The summed E-state index contributed by atoms with van der Waals surface area (Å²) < 4.78 is 5.33. The lowest BCUT2D eigenvalue weighted by Crippen LogP contribution is -2.36. The molecule has 0 saturated carbocycles. The highest BCUT2D eigenvalue weighted by Crippen LogP contribution is 2.28. The number of esters is 1. The smallest absolute Gasteiger partial charge is 0.311 e. The van der Waals surface area contributed by atoms with Crippen LogP contribution in [0.25, 0.3) is 10.4 Å². The summed E-state index contributed by atoms with van der Waals surface area (Å²) in [6.07, 6.45) is 0.865. The Morgan fingerprint density at radius 3 is 2.76 bits per heavy atom. The van der Waals surface area contributed by atoms with Gasteiger partial charge in [0.1, 0.15) is 0 Å². The molecule has 1 aliphatic rings. The van der Waals surface area contributed by atoms with Gasteiger partial charge in [-0.3, -0.25) is 4.79 Å². The highest BCUT2D eigenvalue weighted by molar-refractivity contribution is 5.75. The molecular weight excluding hydrogens is 220 g/mol. The third-order valence-corrected chi connectivity index (χ3v) is 2.92. The first kappa shape index (κ1) is 13.8. The summed E-state index contributed by atoms with van der Waals surface area (Å²) in [6.45, 7) is 7.74. The minimum absolute atomic E-state index is 0.218. The van der Waals surface area contributed by atoms with E-state index in [1.54, 1.807) is 0 Å². The summed E-state index contributed by atoms with van der Waals surface area (Å²) in [7, 11) is 0. The fraction of sp³-hybridized carbons (Fsp3) is 0.909. The van der Waals surface area contributed by atoms with Crippen molar-refractivity contribution in [2.24, 2.45) is 15.9 Å². The molecule has 1 unspecified atom stereocenters. The number of hydrogen-bond donors (Lipinski definition) is 1. The maximum atomic E-state index is 11.7. The van der Waals surface area contributed by atoms with Crippen molar-refractivity contribution in [2.75, 3.05) is 26.2 Å². The summed E-state index contributed by atoms with van der Waals surface area (Å²) in [5.74, 6) is -0.218. The van der Waals surface area contributed by atoms with Gasteiger partial charge >= 0.3 is 5.97 Å². The normalized spacial score (nSPS) is 24.2. The Morgan fingerprint density at radius 2 is 2.29 bits per heavy atom. The van der Waals surface area contributed by atoms with Crippen LogP contribution in [0.15, 0.2) is 5.11 Å². The molecule has 0 radical (unpaired) electrons. The van der Waals surface area contributed by atoms with Gasteiger partial charge in [-0.15, -0.1) is 0 Å². The molecule has 1 rings (SSSR count). The van der Waals surface area contributed by atoms with Crippen molar-refractivity contribution in [1.29, 1.82) is 0 Å². The Labute approximate surface area is 101 Å². The zero-order valence-electron chi connectivity index (χ0n) is 10.7. The maximum absolute atomic E-state index is 11.7. The molecule has 0 aromatic rings. The molecule has 0 amide bonds. The first-order chi connectivity index (χ1) is 7.90. The quantitative estimate of drug-likeness (QED) is 0.352. The summed E-state index contributed by atoms with van der Waals surface area (Å²) >= 11 is 0. The number of carbonyl (C=O) groups excluding carboxylic acids is 1.